The molecule has 3 aromatic rings. The van der Waals surface area contributed by atoms with Gasteiger partial charge in [-0.25, -0.2) is 8.42 Å². The maximum absolute atomic E-state index is 12.5. The fraction of sp³-hybridized carbons (Fsp3) is 0.136. The molecular formula is C22H21BrN2O5S. The second kappa shape index (κ2) is 9.84. The molecule has 0 aliphatic rings. The molecule has 3 aromatic carbocycles. The molecule has 162 valence electrons. The monoisotopic (exact) mass is 504 g/mol. The van der Waals surface area contributed by atoms with Gasteiger partial charge in [0.1, 0.15) is 11.5 Å². The van der Waals surface area contributed by atoms with E-state index in [-0.39, 0.29) is 10.8 Å². The molecule has 9 heteroatoms. The summed E-state index contributed by atoms with van der Waals surface area (Å²) in [6, 6.07) is 19.6. The number of carbonyl (C=O) groups excluding carboxylic acids is 1. The summed E-state index contributed by atoms with van der Waals surface area (Å²) in [5.74, 6) is 0.757. The van der Waals surface area contributed by atoms with Gasteiger partial charge in [-0.3, -0.25) is 9.52 Å². The summed E-state index contributed by atoms with van der Waals surface area (Å²) >= 11 is 3.31. The molecule has 0 aliphatic carbocycles. The Balaban J connectivity index is 1.62. The standard InChI is InChI=1S/C22H21BrN2O5S/c1-15(30-20-5-3-4-19(14-20)29-2)22(26)24-17-10-12-21(13-11-17)31(27,28)25-18-8-6-16(23)7-9-18/h3-15,25H,1-2H3,(H,24,26)/t15-/m1/s1. The minimum Gasteiger partial charge on any atom is -0.497 e. The van der Waals surface area contributed by atoms with Crippen molar-refractivity contribution in [2.24, 2.45) is 0 Å². The Labute approximate surface area is 189 Å². The van der Waals surface area contributed by atoms with Crippen LogP contribution >= 0.6 is 15.9 Å². The second-order valence-corrected chi connectivity index (χ2v) is 9.16. The van der Waals surface area contributed by atoms with Crippen molar-refractivity contribution < 1.29 is 22.7 Å². The average Bonchev–Trinajstić information content (AvgIpc) is 2.75. The van der Waals surface area contributed by atoms with E-state index in [2.05, 4.69) is 26.0 Å². The van der Waals surface area contributed by atoms with Crippen molar-refractivity contribution in [3.63, 3.8) is 0 Å². The Morgan fingerprint density at radius 3 is 2.19 bits per heavy atom. The largest absolute Gasteiger partial charge is 0.497 e. The number of hydrogen-bond acceptors (Lipinski definition) is 5. The molecule has 7 nitrogen and oxygen atoms in total. The fourth-order valence-electron chi connectivity index (χ4n) is 2.63. The van der Waals surface area contributed by atoms with Crippen molar-refractivity contribution in [2.45, 2.75) is 17.9 Å². The highest BCUT2D eigenvalue weighted by atomic mass is 79.9. The lowest BCUT2D eigenvalue weighted by Crippen LogP contribution is -2.30. The summed E-state index contributed by atoms with van der Waals surface area (Å²) in [6.07, 6.45) is -0.769. The van der Waals surface area contributed by atoms with Crippen LogP contribution in [0.2, 0.25) is 0 Å². The van der Waals surface area contributed by atoms with Crippen molar-refractivity contribution in [3.05, 3.63) is 77.3 Å². The number of carbonyl (C=O) groups is 1. The van der Waals surface area contributed by atoms with Crippen LogP contribution in [0.3, 0.4) is 0 Å². The predicted octanol–water partition coefficient (Wildman–Crippen LogP) is 4.66. The molecule has 0 bridgehead atoms. The van der Waals surface area contributed by atoms with Crippen LogP contribution in [0, 0.1) is 0 Å². The minimum absolute atomic E-state index is 0.0779. The molecular weight excluding hydrogens is 484 g/mol. The molecule has 1 atom stereocenters. The normalized spacial score (nSPS) is 12.0. The molecule has 31 heavy (non-hydrogen) atoms. The number of rotatable bonds is 8. The van der Waals surface area contributed by atoms with Crippen molar-refractivity contribution in [1.82, 2.24) is 0 Å². The van der Waals surface area contributed by atoms with E-state index >= 15 is 0 Å². The van der Waals surface area contributed by atoms with E-state index in [0.29, 0.717) is 22.9 Å². The van der Waals surface area contributed by atoms with Crippen molar-refractivity contribution in [3.8, 4) is 11.5 Å². The van der Waals surface area contributed by atoms with Gasteiger partial charge in [-0.05, 0) is 67.6 Å². The van der Waals surface area contributed by atoms with E-state index in [9.17, 15) is 13.2 Å². The number of amides is 1. The zero-order chi connectivity index (χ0) is 22.4. The lowest BCUT2D eigenvalue weighted by atomic mass is 10.3. The Hall–Kier alpha value is -3.04. The van der Waals surface area contributed by atoms with Crippen LogP contribution in [0.4, 0.5) is 11.4 Å². The highest BCUT2D eigenvalue weighted by Gasteiger charge is 2.17. The third-order valence-electron chi connectivity index (χ3n) is 4.25. The Bertz CT molecular complexity index is 1150. The van der Waals surface area contributed by atoms with Crippen LogP contribution in [-0.2, 0) is 14.8 Å². The molecule has 0 radical (unpaired) electrons. The molecule has 0 aliphatic heterocycles. The minimum atomic E-state index is -3.75. The molecule has 2 N–H and O–H groups in total. The van der Waals surface area contributed by atoms with Crippen LogP contribution in [0.15, 0.2) is 82.2 Å². The number of nitrogens with one attached hydrogen (secondary N) is 2. The van der Waals surface area contributed by atoms with Gasteiger partial charge >= 0.3 is 0 Å². The van der Waals surface area contributed by atoms with Gasteiger partial charge in [-0.15, -0.1) is 0 Å². The number of anilines is 2. The number of benzene rings is 3. The van der Waals surface area contributed by atoms with Gasteiger partial charge in [0.05, 0.1) is 12.0 Å². The number of methoxy groups -OCH3 is 1. The summed E-state index contributed by atoms with van der Waals surface area (Å²) in [7, 11) is -2.20. The molecule has 0 spiro atoms. The van der Waals surface area contributed by atoms with Crippen LogP contribution in [0.5, 0.6) is 11.5 Å². The zero-order valence-electron chi connectivity index (χ0n) is 16.8. The third kappa shape index (κ3) is 6.22. The van der Waals surface area contributed by atoms with Crippen LogP contribution in [0.25, 0.3) is 0 Å². The maximum Gasteiger partial charge on any atom is 0.265 e. The molecule has 0 fully saturated rings. The Kier molecular flexibility index (Phi) is 7.19. The van der Waals surface area contributed by atoms with E-state index in [0.717, 1.165) is 4.47 Å². The van der Waals surface area contributed by atoms with E-state index in [4.69, 9.17) is 9.47 Å². The van der Waals surface area contributed by atoms with Gasteiger partial charge in [0.15, 0.2) is 6.10 Å². The van der Waals surface area contributed by atoms with Gasteiger partial charge in [0, 0.05) is 21.9 Å². The number of hydrogen-bond donors (Lipinski definition) is 2. The smallest absolute Gasteiger partial charge is 0.265 e. The van der Waals surface area contributed by atoms with Gasteiger partial charge in [0.2, 0.25) is 0 Å². The summed E-state index contributed by atoms with van der Waals surface area (Å²) in [4.78, 5) is 12.5. The summed E-state index contributed by atoms with van der Waals surface area (Å²) in [5, 5.41) is 2.71. The summed E-state index contributed by atoms with van der Waals surface area (Å²) in [6.45, 7) is 1.62. The SMILES string of the molecule is COc1cccc(O[C@H](C)C(=O)Nc2ccc(S(=O)(=O)Nc3ccc(Br)cc3)cc2)c1. The first-order valence-corrected chi connectivity index (χ1v) is 11.5. The van der Waals surface area contributed by atoms with Crippen LogP contribution in [0.1, 0.15) is 6.92 Å². The zero-order valence-corrected chi connectivity index (χ0v) is 19.2. The Morgan fingerprint density at radius 2 is 1.55 bits per heavy atom. The van der Waals surface area contributed by atoms with Crippen molar-refractivity contribution >= 4 is 43.2 Å². The third-order valence-corrected chi connectivity index (χ3v) is 6.18. The highest BCUT2D eigenvalue weighted by molar-refractivity contribution is 9.10. The molecule has 0 unspecified atom stereocenters. The predicted molar refractivity (Wildman–Crippen MR) is 123 cm³/mol. The highest BCUT2D eigenvalue weighted by Crippen LogP contribution is 2.22. The summed E-state index contributed by atoms with van der Waals surface area (Å²) < 4.78 is 39.2. The first-order chi connectivity index (χ1) is 14.8. The number of halogens is 1. The molecule has 0 aromatic heterocycles. The maximum atomic E-state index is 12.5. The van der Waals surface area contributed by atoms with Crippen LogP contribution < -0.4 is 19.5 Å². The average molecular weight is 505 g/mol. The van der Waals surface area contributed by atoms with Crippen molar-refractivity contribution in [2.75, 3.05) is 17.1 Å². The van der Waals surface area contributed by atoms with E-state index < -0.39 is 16.1 Å². The quantitative estimate of drug-likeness (QED) is 0.465. The Morgan fingerprint density at radius 1 is 0.935 bits per heavy atom. The van der Waals surface area contributed by atoms with Crippen LogP contribution in [-0.4, -0.2) is 27.5 Å². The van der Waals surface area contributed by atoms with E-state index in [1.807, 2.05) is 0 Å². The van der Waals surface area contributed by atoms with Gasteiger partial charge in [0.25, 0.3) is 15.9 Å². The number of ether oxygens (including phenoxy) is 2. The molecule has 0 saturated heterocycles. The lowest BCUT2D eigenvalue weighted by Gasteiger charge is -2.15. The molecule has 0 saturated carbocycles. The molecule has 0 heterocycles. The van der Waals surface area contributed by atoms with Crippen molar-refractivity contribution in [1.29, 1.82) is 0 Å². The van der Waals surface area contributed by atoms with Gasteiger partial charge < -0.3 is 14.8 Å². The lowest BCUT2D eigenvalue weighted by molar-refractivity contribution is -0.122. The number of sulfonamides is 1. The van der Waals surface area contributed by atoms with E-state index in [1.165, 1.54) is 24.3 Å². The van der Waals surface area contributed by atoms with Gasteiger partial charge in [-0.1, -0.05) is 22.0 Å². The van der Waals surface area contributed by atoms with Gasteiger partial charge in [-0.2, -0.15) is 0 Å². The second-order valence-electron chi connectivity index (χ2n) is 6.57. The first kappa shape index (κ1) is 22.6. The topological polar surface area (TPSA) is 93.7 Å². The first-order valence-electron chi connectivity index (χ1n) is 9.27. The molecule has 1 amide bonds. The fourth-order valence-corrected chi connectivity index (χ4v) is 3.95. The van der Waals surface area contributed by atoms with E-state index in [1.54, 1.807) is 62.6 Å². The molecule has 3 rings (SSSR count). The summed E-state index contributed by atoms with van der Waals surface area (Å²) in [5.41, 5.74) is 0.901.